The van der Waals surface area contributed by atoms with Crippen LogP contribution in [0.1, 0.15) is 43.5 Å². The third-order valence-corrected chi connectivity index (χ3v) is 4.59. The van der Waals surface area contributed by atoms with Crippen LogP contribution in [0.3, 0.4) is 0 Å². The molecule has 0 fully saturated rings. The first kappa shape index (κ1) is 17.3. The summed E-state index contributed by atoms with van der Waals surface area (Å²) in [6, 6.07) is 5.20. The number of benzene rings is 1. The van der Waals surface area contributed by atoms with E-state index in [2.05, 4.69) is 10.6 Å². The smallest absolute Gasteiger partial charge is 0.303 e. The summed E-state index contributed by atoms with van der Waals surface area (Å²) in [5, 5.41) is 14.4. The summed E-state index contributed by atoms with van der Waals surface area (Å²) in [6.45, 7) is 3.57. The van der Waals surface area contributed by atoms with E-state index in [1.807, 2.05) is 6.07 Å². The van der Waals surface area contributed by atoms with Gasteiger partial charge in [-0.25, -0.2) is 0 Å². The topological polar surface area (TPSA) is 95.5 Å². The van der Waals surface area contributed by atoms with Gasteiger partial charge in [-0.15, -0.1) is 11.8 Å². The first-order chi connectivity index (χ1) is 10.8. The molecular weight excluding hydrogens is 316 g/mol. The van der Waals surface area contributed by atoms with E-state index in [9.17, 15) is 14.4 Å². The number of anilines is 1. The number of hydrogen-bond donors (Lipinski definition) is 3. The molecule has 1 aromatic carbocycles. The van der Waals surface area contributed by atoms with E-state index in [1.54, 1.807) is 37.7 Å². The Hall–Kier alpha value is -2.02. The quantitative estimate of drug-likeness (QED) is 0.768. The molecule has 7 heteroatoms. The number of carbonyl (C=O) groups excluding carboxylic acids is 2. The Morgan fingerprint density at radius 3 is 2.83 bits per heavy atom. The van der Waals surface area contributed by atoms with Crippen LogP contribution in [-0.4, -0.2) is 34.2 Å². The summed E-state index contributed by atoms with van der Waals surface area (Å²) in [6.07, 6.45) is 0.777. The average molecular weight is 336 g/mol. The van der Waals surface area contributed by atoms with Gasteiger partial charge in [-0.3, -0.25) is 14.4 Å². The van der Waals surface area contributed by atoms with Crippen molar-refractivity contribution in [2.75, 3.05) is 11.1 Å². The SMILES string of the molecule is CC(C)(CCC(=O)O)NC(=O)c1ccc2c(c1)NC(=O)CCS2. The first-order valence-electron chi connectivity index (χ1n) is 7.38. The highest BCUT2D eigenvalue weighted by atomic mass is 32.2. The number of rotatable bonds is 5. The number of carboxylic acid groups (broad SMARTS) is 1. The highest BCUT2D eigenvalue weighted by molar-refractivity contribution is 7.99. The van der Waals surface area contributed by atoms with Crippen LogP contribution in [0.25, 0.3) is 0 Å². The molecule has 0 aromatic heterocycles. The van der Waals surface area contributed by atoms with Crippen molar-refractivity contribution in [1.29, 1.82) is 0 Å². The molecule has 0 unspecified atom stereocenters. The fraction of sp³-hybridized carbons (Fsp3) is 0.438. The van der Waals surface area contributed by atoms with E-state index < -0.39 is 11.5 Å². The Kier molecular flexibility index (Phi) is 5.30. The molecule has 1 heterocycles. The van der Waals surface area contributed by atoms with Gasteiger partial charge in [-0.2, -0.15) is 0 Å². The van der Waals surface area contributed by atoms with Crippen LogP contribution in [0.5, 0.6) is 0 Å². The number of carbonyl (C=O) groups is 3. The Morgan fingerprint density at radius 1 is 1.39 bits per heavy atom. The van der Waals surface area contributed by atoms with Gasteiger partial charge in [0.2, 0.25) is 5.91 Å². The molecule has 0 saturated carbocycles. The van der Waals surface area contributed by atoms with E-state index in [0.29, 0.717) is 29.8 Å². The van der Waals surface area contributed by atoms with Crippen LogP contribution >= 0.6 is 11.8 Å². The number of amides is 2. The normalized spacial score (nSPS) is 14.4. The standard InChI is InChI=1S/C16H20N2O4S/c1-16(2,7-5-14(20)21)18-15(22)10-3-4-12-11(9-10)17-13(19)6-8-23-12/h3-4,9H,5-8H2,1-2H3,(H,17,19)(H,18,22)(H,20,21). The van der Waals surface area contributed by atoms with Gasteiger partial charge >= 0.3 is 5.97 Å². The van der Waals surface area contributed by atoms with E-state index >= 15 is 0 Å². The van der Waals surface area contributed by atoms with Crippen LogP contribution in [0.4, 0.5) is 5.69 Å². The monoisotopic (exact) mass is 336 g/mol. The summed E-state index contributed by atoms with van der Waals surface area (Å²) in [4.78, 5) is 35.6. The molecule has 0 bridgehead atoms. The highest BCUT2D eigenvalue weighted by Crippen LogP contribution is 2.31. The minimum atomic E-state index is -0.892. The molecule has 0 radical (unpaired) electrons. The minimum absolute atomic E-state index is 0.00976. The van der Waals surface area contributed by atoms with Crippen molar-refractivity contribution in [3.05, 3.63) is 23.8 Å². The molecule has 1 aliphatic rings. The minimum Gasteiger partial charge on any atom is -0.481 e. The summed E-state index contributed by atoms with van der Waals surface area (Å²) in [7, 11) is 0. The lowest BCUT2D eigenvalue weighted by Crippen LogP contribution is -2.43. The zero-order valence-corrected chi connectivity index (χ0v) is 14.0. The number of carboxylic acids is 1. The fourth-order valence-corrected chi connectivity index (χ4v) is 3.16. The molecule has 23 heavy (non-hydrogen) atoms. The van der Waals surface area contributed by atoms with Crippen LogP contribution in [0, 0.1) is 0 Å². The number of thioether (sulfide) groups is 1. The second-order valence-electron chi connectivity index (χ2n) is 6.09. The zero-order valence-electron chi connectivity index (χ0n) is 13.1. The number of fused-ring (bicyclic) bond motifs is 1. The van der Waals surface area contributed by atoms with Crippen molar-refractivity contribution < 1.29 is 19.5 Å². The molecule has 0 aliphatic carbocycles. The molecule has 124 valence electrons. The van der Waals surface area contributed by atoms with Gasteiger partial charge in [0.25, 0.3) is 5.91 Å². The third-order valence-electron chi connectivity index (χ3n) is 3.52. The molecule has 0 saturated heterocycles. The van der Waals surface area contributed by atoms with Gasteiger partial charge in [0.15, 0.2) is 0 Å². The van der Waals surface area contributed by atoms with Crippen molar-refractivity contribution in [2.45, 2.75) is 43.5 Å². The van der Waals surface area contributed by atoms with Crippen LogP contribution in [-0.2, 0) is 9.59 Å². The highest BCUT2D eigenvalue weighted by Gasteiger charge is 2.23. The molecule has 6 nitrogen and oxygen atoms in total. The van der Waals surface area contributed by atoms with E-state index in [0.717, 1.165) is 4.90 Å². The maximum Gasteiger partial charge on any atom is 0.303 e. The Balaban J connectivity index is 2.11. The van der Waals surface area contributed by atoms with Crippen molar-refractivity contribution in [3.8, 4) is 0 Å². The number of nitrogens with one attached hydrogen (secondary N) is 2. The number of hydrogen-bond acceptors (Lipinski definition) is 4. The molecule has 2 rings (SSSR count). The second kappa shape index (κ2) is 7.04. The molecule has 3 N–H and O–H groups in total. The van der Waals surface area contributed by atoms with E-state index in [4.69, 9.17) is 5.11 Å². The Morgan fingerprint density at radius 2 is 2.13 bits per heavy atom. The van der Waals surface area contributed by atoms with Gasteiger partial charge in [0.05, 0.1) is 5.69 Å². The van der Waals surface area contributed by atoms with Crippen molar-refractivity contribution in [3.63, 3.8) is 0 Å². The molecule has 0 atom stereocenters. The Labute approximate surface area is 139 Å². The molecule has 2 amide bonds. The molecule has 1 aromatic rings. The number of aliphatic carboxylic acids is 1. The maximum atomic E-state index is 12.4. The average Bonchev–Trinajstić information content (AvgIpc) is 2.64. The fourth-order valence-electron chi connectivity index (χ4n) is 2.22. The zero-order chi connectivity index (χ0) is 17.0. The largest absolute Gasteiger partial charge is 0.481 e. The predicted octanol–water partition coefficient (Wildman–Crippen LogP) is 2.49. The van der Waals surface area contributed by atoms with E-state index in [1.165, 1.54) is 0 Å². The Bertz CT molecular complexity index is 643. The molecule has 0 spiro atoms. The van der Waals surface area contributed by atoms with Crippen LogP contribution in [0.2, 0.25) is 0 Å². The molecule has 1 aliphatic heterocycles. The van der Waals surface area contributed by atoms with Crippen molar-refractivity contribution in [2.24, 2.45) is 0 Å². The summed E-state index contributed by atoms with van der Waals surface area (Å²) in [5.41, 5.74) is 0.462. The lowest BCUT2D eigenvalue weighted by molar-refractivity contribution is -0.137. The predicted molar refractivity (Wildman–Crippen MR) is 88.8 cm³/mol. The van der Waals surface area contributed by atoms with Gasteiger partial charge in [0, 0.05) is 34.6 Å². The lowest BCUT2D eigenvalue weighted by atomic mass is 9.97. The van der Waals surface area contributed by atoms with Gasteiger partial charge in [-0.05, 0) is 38.5 Å². The van der Waals surface area contributed by atoms with E-state index in [-0.39, 0.29) is 18.2 Å². The summed E-state index contributed by atoms with van der Waals surface area (Å²) >= 11 is 1.58. The van der Waals surface area contributed by atoms with Gasteiger partial charge < -0.3 is 15.7 Å². The van der Waals surface area contributed by atoms with Crippen molar-refractivity contribution >= 4 is 35.2 Å². The first-order valence-corrected chi connectivity index (χ1v) is 8.36. The summed E-state index contributed by atoms with van der Waals surface area (Å²) in [5.74, 6) is -0.522. The molecular formula is C16H20N2O4S. The van der Waals surface area contributed by atoms with Crippen LogP contribution < -0.4 is 10.6 Å². The lowest BCUT2D eigenvalue weighted by Gasteiger charge is -2.25. The second-order valence-corrected chi connectivity index (χ2v) is 7.23. The third kappa shape index (κ3) is 4.99. The summed E-state index contributed by atoms with van der Waals surface area (Å²) < 4.78 is 0. The van der Waals surface area contributed by atoms with Gasteiger partial charge in [-0.1, -0.05) is 0 Å². The maximum absolute atomic E-state index is 12.4. The van der Waals surface area contributed by atoms with Crippen molar-refractivity contribution in [1.82, 2.24) is 5.32 Å². The van der Waals surface area contributed by atoms with Gasteiger partial charge in [0.1, 0.15) is 0 Å². The van der Waals surface area contributed by atoms with Crippen LogP contribution in [0.15, 0.2) is 23.1 Å².